The van der Waals surface area contributed by atoms with Gasteiger partial charge < -0.3 is 39.9 Å². The van der Waals surface area contributed by atoms with Crippen LogP contribution < -0.4 is 10.6 Å². The number of alkyl carbamates (subject to hydrolysis) is 2. The second kappa shape index (κ2) is 16.2. The van der Waals surface area contributed by atoms with E-state index in [1.807, 2.05) is 38.8 Å². The molecule has 0 bridgehead atoms. The molecule has 4 amide bonds. The second-order valence-electron chi connectivity index (χ2n) is 14.2. The highest BCUT2D eigenvalue weighted by molar-refractivity contribution is 7.18. The molecule has 0 aliphatic carbocycles. The third-order valence-electron chi connectivity index (χ3n) is 10.0. The number of ether oxygens (including phenoxy) is 2. The fourth-order valence-corrected chi connectivity index (χ4v) is 8.10. The topological polar surface area (TPSA) is 175 Å². The Morgan fingerprint density at radius 1 is 0.698 bits per heavy atom. The van der Waals surface area contributed by atoms with Crippen molar-refractivity contribution in [2.45, 2.75) is 77.5 Å². The minimum atomic E-state index is -0.688. The molecule has 4 N–H and O–H groups in total. The van der Waals surface area contributed by atoms with Crippen LogP contribution in [0.25, 0.3) is 32.3 Å². The molecule has 2 saturated heterocycles. The van der Waals surface area contributed by atoms with Gasteiger partial charge in [0.1, 0.15) is 23.7 Å². The van der Waals surface area contributed by atoms with E-state index in [1.54, 1.807) is 22.4 Å². The van der Waals surface area contributed by atoms with Gasteiger partial charge in [0.05, 0.1) is 55.0 Å². The van der Waals surface area contributed by atoms with Gasteiger partial charge in [-0.1, -0.05) is 52.0 Å². The third-order valence-corrected chi connectivity index (χ3v) is 11.2. The maximum absolute atomic E-state index is 13.5. The molecular formula is C38H48N8O6S. The summed E-state index contributed by atoms with van der Waals surface area (Å²) >= 11 is 1.65. The van der Waals surface area contributed by atoms with Crippen LogP contribution in [-0.4, -0.2) is 93.1 Å². The molecule has 15 heteroatoms. The van der Waals surface area contributed by atoms with E-state index in [4.69, 9.17) is 9.47 Å². The van der Waals surface area contributed by atoms with Crippen LogP contribution in [0.3, 0.4) is 0 Å². The third kappa shape index (κ3) is 8.09. The van der Waals surface area contributed by atoms with Gasteiger partial charge in [0.15, 0.2) is 0 Å². The first-order valence-corrected chi connectivity index (χ1v) is 18.9. The first-order valence-electron chi connectivity index (χ1n) is 18.1. The van der Waals surface area contributed by atoms with Crippen LogP contribution in [0.4, 0.5) is 9.59 Å². The number of imidazole rings is 2. The lowest BCUT2D eigenvalue weighted by molar-refractivity contribution is -0.136. The number of methoxy groups -OCH3 is 2. The van der Waals surface area contributed by atoms with Crippen LogP contribution in [0, 0.1) is 11.8 Å². The number of thiophene rings is 1. The molecule has 2 aliphatic heterocycles. The Balaban J connectivity index is 1.12. The highest BCUT2D eigenvalue weighted by atomic mass is 32.1. The number of aromatic nitrogens is 4. The first kappa shape index (κ1) is 37.6. The van der Waals surface area contributed by atoms with Crippen LogP contribution in [0.5, 0.6) is 0 Å². The Bertz CT molecular complexity index is 1920. The van der Waals surface area contributed by atoms with Crippen molar-refractivity contribution in [2.75, 3.05) is 27.3 Å². The lowest BCUT2D eigenvalue weighted by atomic mass is 10.0. The van der Waals surface area contributed by atoms with Crippen molar-refractivity contribution >= 4 is 35.3 Å². The number of amides is 4. The van der Waals surface area contributed by atoms with E-state index in [9.17, 15) is 19.2 Å². The normalized spacial score (nSPS) is 18.3. The molecule has 2 aliphatic rings. The molecule has 4 aromatic rings. The van der Waals surface area contributed by atoms with Gasteiger partial charge in [-0.15, -0.1) is 11.3 Å². The van der Waals surface area contributed by atoms with Gasteiger partial charge in [-0.2, -0.15) is 0 Å². The largest absolute Gasteiger partial charge is 0.453 e. The Labute approximate surface area is 313 Å². The quantitative estimate of drug-likeness (QED) is 0.139. The van der Waals surface area contributed by atoms with Gasteiger partial charge in [0, 0.05) is 18.0 Å². The molecule has 5 heterocycles. The zero-order chi connectivity index (χ0) is 37.8. The fraction of sp³-hybridized carbons (Fsp3) is 0.474. The number of aromatic amines is 2. The van der Waals surface area contributed by atoms with Gasteiger partial charge in [0.2, 0.25) is 11.8 Å². The summed E-state index contributed by atoms with van der Waals surface area (Å²) in [6, 6.07) is 10.6. The molecule has 0 spiro atoms. The van der Waals surface area contributed by atoms with Gasteiger partial charge in [-0.3, -0.25) is 9.59 Å². The lowest BCUT2D eigenvalue weighted by Gasteiger charge is -2.30. The Morgan fingerprint density at radius 2 is 1.15 bits per heavy atom. The second-order valence-corrected chi connectivity index (χ2v) is 15.3. The standard InChI is InChI=1S/C38H48N8O6S/c1-21(2)31(43-37(49)51-5)35(47)45-17-7-9-27(45)33-39-19-25(41-33)23-11-13-24(14-12-23)29-15-16-30(53-29)26-20-40-34(42-26)28-10-8-18-46(28)36(48)32(22(3)4)44-38(50)52-6/h11-16,19-22,27-28,31-32H,7-10,17-18H2,1-6H3,(H,39,41)(H,40,42)(H,43,49)(H,44,50)/t27?,28?,31?,32-/m0/s1. The molecule has 0 saturated carbocycles. The summed E-state index contributed by atoms with van der Waals surface area (Å²) < 4.78 is 9.50. The molecule has 6 rings (SSSR count). The highest BCUT2D eigenvalue weighted by Gasteiger charge is 2.39. The summed E-state index contributed by atoms with van der Waals surface area (Å²) in [5, 5.41) is 5.39. The van der Waals surface area contributed by atoms with Crippen molar-refractivity contribution in [3.8, 4) is 32.3 Å². The monoisotopic (exact) mass is 744 g/mol. The number of nitrogens with zero attached hydrogens (tertiary/aromatic N) is 4. The number of benzene rings is 1. The van der Waals surface area contributed by atoms with E-state index in [2.05, 4.69) is 67.0 Å². The molecular weight excluding hydrogens is 697 g/mol. The molecule has 1 aromatic carbocycles. The fourth-order valence-electron chi connectivity index (χ4n) is 7.12. The molecule has 3 aromatic heterocycles. The molecule has 0 radical (unpaired) electrons. The van der Waals surface area contributed by atoms with E-state index < -0.39 is 24.3 Å². The Morgan fingerprint density at radius 3 is 1.64 bits per heavy atom. The van der Waals surface area contributed by atoms with Crippen molar-refractivity contribution in [3.63, 3.8) is 0 Å². The number of hydrogen-bond acceptors (Lipinski definition) is 9. The van der Waals surface area contributed by atoms with Crippen molar-refractivity contribution in [2.24, 2.45) is 11.8 Å². The first-order chi connectivity index (χ1) is 25.5. The number of carbonyl (C=O) groups excluding carboxylic acids is 4. The van der Waals surface area contributed by atoms with Crippen molar-refractivity contribution in [1.29, 1.82) is 0 Å². The predicted octanol–water partition coefficient (Wildman–Crippen LogP) is 6.28. The van der Waals surface area contributed by atoms with E-state index >= 15 is 0 Å². The van der Waals surface area contributed by atoms with Crippen molar-refractivity contribution in [3.05, 3.63) is 60.4 Å². The van der Waals surface area contributed by atoms with Crippen molar-refractivity contribution < 1.29 is 28.7 Å². The van der Waals surface area contributed by atoms with Gasteiger partial charge in [-0.05, 0) is 60.8 Å². The minimum absolute atomic E-state index is 0.104. The van der Waals surface area contributed by atoms with Crippen molar-refractivity contribution in [1.82, 2.24) is 40.4 Å². The molecule has 282 valence electrons. The highest BCUT2D eigenvalue weighted by Crippen LogP contribution is 2.38. The van der Waals surface area contributed by atoms with Crippen LogP contribution in [0.15, 0.2) is 48.8 Å². The lowest BCUT2D eigenvalue weighted by Crippen LogP contribution is -2.51. The summed E-state index contributed by atoms with van der Waals surface area (Å²) in [5.41, 5.74) is 3.78. The smallest absolute Gasteiger partial charge is 0.407 e. The summed E-state index contributed by atoms with van der Waals surface area (Å²) in [6.45, 7) is 8.79. The number of carbonyl (C=O) groups is 4. The maximum atomic E-state index is 13.5. The summed E-state index contributed by atoms with van der Waals surface area (Å²) in [4.78, 5) is 72.9. The molecule has 53 heavy (non-hydrogen) atoms. The van der Waals surface area contributed by atoms with Gasteiger partial charge in [-0.25, -0.2) is 19.6 Å². The molecule has 3 unspecified atom stereocenters. The molecule has 4 atom stereocenters. The average Bonchev–Trinajstić information content (AvgIpc) is 4.00. The van der Waals surface area contributed by atoms with Crippen LogP contribution >= 0.6 is 11.3 Å². The Kier molecular flexibility index (Phi) is 11.5. The zero-order valence-corrected chi connectivity index (χ0v) is 31.8. The van der Waals surface area contributed by atoms with E-state index in [1.165, 1.54) is 14.2 Å². The number of H-pyrrole nitrogens is 2. The Hall–Kier alpha value is -5.18. The number of hydrogen-bond donors (Lipinski definition) is 4. The number of rotatable bonds is 11. The van der Waals surface area contributed by atoms with E-state index in [-0.39, 0.29) is 35.7 Å². The average molecular weight is 745 g/mol. The van der Waals surface area contributed by atoms with Gasteiger partial charge in [0.25, 0.3) is 0 Å². The minimum Gasteiger partial charge on any atom is -0.453 e. The van der Waals surface area contributed by atoms with Gasteiger partial charge >= 0.3 is 12.2 Å². The summed E-state index contributed by atoms with van der Waals surface area (Å²) in [7, 11) is 2.58. The maximum Gasteiger partial charge on any atom is 0.407 e. The predicted molar refractivity (Wildman–Crippen MR) is 201 cm³/mol. The van der Waals surface area contributed by atoms with E-state index in [0.717, 1.165) is 69.6 Å². The zero-order valence-electron chi connectivity index (χ0n) is 31.0. The SMILES string of the molecule is COC(=O)NC(C(=O)N1CCCC1c1ncc(-c2ccc(-c3ccc(-c4cnc(C5CCCN5C(=O)[C@@H](NC(=O)OC)C(C)C)[nH]4)s3)cc2)[nH]1)C(C)C. The van der Waals surface area contributed by atoms with E-state index in [0.29, 0.717) is 13.1 Å². The van der Waals surface area contributed by atoms with Crippen LogP contribution in [-0.2, 0) is 19.1 Å². The number of nitrogens with one attached hydrogen (secondary N) is 4. The summed E-state index contributed by atoms with van der Waals surface area (Å²) in [6.07, 6.45) is 5.63. The molecule has 2 fully saturated rings. The summed E-state index contributed by atoms with van der Waals surface area (Å²) in [5.74, 6) is 0.962. The number of likely N-dealkylation sites (tertiary alicyclic amines) is 2. The van der Waals surface area contributed by atoms with Crippen LogP contribution in [0.2, 0.25) is 0 Å². The molecule has 14 nitrogen and oxygen atoms in total. The van der Waals surface area contributed by atoms with Crippen LogP contribution in [0.1, 0.15) is 77.1 Å².